The number of para-hydroxylation sites is 1. The highest BCUT2D eigenvalue weighted by Crippen LogP contribution is 2.27. The summed E-state index contributed by atoms with van der Waals surface area (Å²) in [4.78, 5) is 17.3. The maximum atomic E-state index is 12.1. The Labute approximate surface area is 129 Å². The van der Waals surface area contributed by atoms with E-state index in [4.69, 9.17) is 4.74 Å². The van der Waals surface area contributed by atoms with Gasteiger partial charge in [-0.3, -0.25) is 10.1 Å². The van der Waals surface area contributed by atoms with Crippen LogP contribution in [-0.4, -0.2) is 17.0 Å². The maximum Gasteiger partial charge on any atom is 0.266 e. The van der Waals surface area contributed by atoms with E-state index in [9.17, 15) is 4.79 Å². The summed E-state index contributed by atoms with van der Waals surface area (Å²) in [7, 11) is 0. The Hall–Kier alpha value is -1.88. The van der Waals surface area contributed by atoms with E-state index in [0.29, 0.717) is 11.0 Å². The van der Waals surface area contributed by atoms with Crippen molar-refractivity contribution in [2.45, 2.75) is 39.7 Å². The van der Waals surface area contributed by atoms with Crippen LogP contribution < -0.4 is 10.1 Å². The molecule has 5 heteroatoms. The monoisotopic (exact) mass is 304 g/mol. The fraction of sp³-hybridized carbons (Fsp3) is 0.375. The molecule has 21 heavy (non-hydrogen) atoms. The van der Waals surface area contributed by atoms with Gasteiger partial charge < -0.3 is 4.74 Å². The summed E-state index contributed by atoms with van der Waals surface area (Å²) >= 11 is 1.45. The van der Waals surface area contributed by atoms with Crippen molar-refractivity contribution in [1.82, 2.24) is 4.98 Å². The fourth-order valence-electron chi connectivity index (χ4n) is 1.93. The molecule has 0 aliphatic carbocycles. The summed E-state index contributed by atoms with van der Waals surface area (Å²) in [6.45, 7) is 7.90. The second kappa shape index (κ2) is 6.72. The van der Waals surface area contributed by atoms with E-state index in [1.165, 1.54) is 11.3 Å². The van der Waals surface area contributed by atoms with Gasteiger partial charge in [0.2, 0.25) is 0 Å². The summed E-state index contributed by atoms with van der Waals surface area (Å²) in [5, 5.41) is 3.38. The van der Waals surface area contributed by atoms with E-state index in [1.54, 1.807) is 13.1 Å². The first-order valence-electron chi connectivity index (χ1n) is 6.96. The molecule has 0 aliphatic rings. The predicted molar refractivity (Wildman–Crippen MR) is 86.1 cm³/mol. The highest BCUT2D eigenvalue weighted by atomic mass is 32.1. The molecule has 0 saturated carbocycles. The third kappa shape index (κ3) is 4.04. The minimum atomic E-state index is -0.575. The molecule has 1 aromatic heterocycles. The zero-order valence-corrected chi connectivity index (χ0v) is 13.5. The van der Waals surface area contributed by atoms with Gasteiger partial charge in [0.15, 0.2) is 11.2 Å². The lowest BCUT2D eigenvalue weighted by atomic mass is 10.0. The van der Waals surface area contributed by atoms with E-state index >= 15 is 0 Å². The van der Waals surface area contributed by atoms with Crippen LogP contribution in [0.5, 0.6) is 5.75 Å². The van der Waals surface area contributed by atoms with Crippen molar-refractivity contribution in [2.75, 3.05) is 5.32 Å². The van der Waals surface area contributed by atoms with Crippen LogP contribution in [0, 0.1) is 6.92 Å². The second-order valence-corrected chi connectivity index (χ2v) is 6.45. The molecular formula is C16H20N2O2S. The van der Waals surface area contributed by atoms with Crippen LogP contribution in [0.3, 0.4) is 0 Å². The predicted octanol–water partition coefficient (Wildman–Crippen LogP) is 3.98. The molecule has 1 atom stereocenters. The molecule has 4 nitrogen and oxygen atoms in total. The van der Waals surface area contributed by atoms with Gasteiger partial charge in [0.05, 0.1) is 0 Å². The first kappa shape index (κ1) is 15.5. The zero-order chi connectivity index (χ0) is 15.4. The molecule has 2 aromatic rings. The number of benzene rings is 1. The second-order valence-electron chi connectivity index (χ2n) is 5.22. The van der Waals surface area contributed by atoms with Gasteiger partial charge >= 0.3 is 0 Å². The fourth-order valence-corrected chi connectivity index (χ4v) is 2.60. The van der Waals surface area contributed by atoms with Crippen molar-refractivity contribution in [1.29, 1.82) is 0 Å². The SMILES string of the molecule is Cc1cnc(NC(=O)[C@H](C)Oc2ccccc2C(C)C)s1. The molecular weight excluding hydrogens is 284 g/mol. The number of aromatic nitrogens is 1. The third-order valence-electron chi connectivity index (χ3n) is 3.07. The van der Waals surface area contributed by atoms with Gasteiger partial charge in [-0.05, 0) is 31.4 Å². The van der Waals surface area contributed by atoms with Gasteiger partial charge in [-0.15, -0.1) is 11.3 Å². The molecule has 0 aliphatic heterocycles. The van der Waals surface area contributed by atoms with Crippen LogP contribution in [0.1, 0.15) is 37.1 Å². The van der Waals surface area contributed by atoms with Crippen LogP contribution in [0.4, 0.5) is 5.13 Å². The van der Waals surface area contributed by atoms with Crippen LogP contribution in [0.25, 0.3) is 0 Å². The first-order valence-corrected chi connectivity index (χ1v) is 7.78. The Balaban J connectivity index is 2.04. The smallest absolute Gasteiger partial charge is 0.266 e. The maximum absolute atomic E-state index is 12.1. The Morgan fingerprint density at radius 3 is 2.62 bits per heavy atom. The largest absolute Gasteiger partial charge is 0.481 e. The lowest BCUT2D eigenvalue weighted by Crippen LogP contribution is -2.30. The van der Waals surface area contributed by atoms with Crippen molar-refractivity contribution < 1.29 is 9.53 Å². The van der Waals surface area contributed by atoms with Crippen LogP contribution in [0.15, 0.2) is 30.5 Å². The summed E-state index contributed by atoms with van der Waals surface area (Å²) in [6.07, 6.45) is 1.16. The van der Waals surface area contributed by atoms with Crippen LogP contribution in [0.2, 0.25) is 0 Å². The molecule has 0 saturated heterocycles. The third-order valence-corrected chi connectivity index (χ3v) is 3.89. The van der Waals surface area contributed by atoms with Crippen molar-refractivity contribution in [3.63, 3.8) is 0 Å². The lowest BCUT2D eigenvalue weighted by molar-refractivity contribution is -0.122. The van der Waals surface area contributed by atoms with Crippen molar-refractivity contribution in [3.8, 4) is 5.75 Å². The Kier molecular flexibility index (Phi) is 4.96. The number of aryl methyl sites for hydroxylation is 1. The first-order chi connectivity index (χ1) is 9.97. The van der Waals surface area contributed by atoms with Gasteiger partial charge in [-0.25, -0.2) is 4.98 Å². The number of carbonyl (C=O) groups is 1. The van der Waals surface area contributed by atoms with Crippen LogP contribution >= 0.6 is 11.3 Å². The number of rotatable bonds is 5. The normalized spacial score (nSPS) is 12.2. The number of amides is 1. The van der Waals surface area contributed by atoms with E-state index < -0.39 is 6.10 Å². The van der Waals surface area contributed by atoms with Crippen molar-refractivity contribution in [3.05, 3.63) is 40.9 Å². The Morgan fingerprint density at radius 2 is 2.00 bits per heavy atom. The summed E-state index contributed by atoms with van der Waals surface area (Å²) in [6, 6.07) is 7.81. The molecule has 0 radical (unpaired) electrons. The van der Waals surface area contributed by atoms with Gasteiger partial charge in [-0.1, -0.05) is 32.0 Å². The quantitative estimate of drug-likeness (QED) is 0.909. The average molecular weight is 304 g/mol. The number of hydrogen-bond acceptors (Lipinski definition) is 4. The summed E-state index contributed by atoms with van der Waals surface area (Å²) in [5.74, 6) is 0.909. The number of thiazole rings is 1. The minimum absolute atomic E-state index is 0.192. The number of carbonyl (C=O) groups excluding carboxylic acids is 1. The molecule has 0 bridgehead atoms. The van der Waals surface area contributed by atoms with Gasteiger partial charge in [-0.2, -0.15) is 0 Å². The molecule has 1 amide bonds. The van der Waals surface area contributed by atoms with E-state index in [1.807, 2.05) is 31.2 Å². The number of ether oxygens (including phenoxy) is 1. The van der Waals surface area contributed by atoms with Gasteiger partial charge in [0.25, 0.3) is 5.91 Å². The Morgan fingerprint density at radius 1 is 1.29 bits per heavy atom. The number of nitrogens with one attached hydrogen (secondary N) is 1. The zero-order valence-electron chi connectivity index (χ0n) is 12.7. The van der Waals surface area contributed by atoms with Crippen molar-refractivity contribution >= 4 is 22.4 Å². The summed E-state index contributed by atoms with van der Waals surface area (Å²) in [5.41, 5.74) is 1.10. The van der Waals surface area contributed by atoms with Crippen molar-refractivity contribution in [2.24, 2.45) is 0 Å². The van der Waals surface area contributed by atoms with Gasteiger partial charge in [0.1, 0.15) is 5.75 Å². The number of nitrogens with zero attached hydrogens (tertiary/aromatic N) is 1. The molecule has 1 heterocycles. The summed E-state index contributed by atoms with van der Waals surface area (Å²) < 4.78 is 5.81. The van der Waals surface area contributed by atoms with E-state index in [2.05, 4.69) is 24.1 Å². The van der Waals surface area contributed by atoms with E-state index in [-0.39, 0.29) is 5.91 Å². The van der Waals surface area contributed by atoms with Gasteiger partial charge in [0, 0.05) is 11.1 Å². The molecule has 2 rings (SSSR count). The molecule has 1 aromatic carbocycles. The minimum Gasteiger partial charge on any atom is -0.481 e. The molecule has 0 unspecified atom stereocenters. The number of anilines is 1. The van der Waals surface area contributed by atoms with Crippen LogP contribution in [-0.2, 0) is 4.79 Å². The molecule has 112 valence electrons. The molecule has 1 N–H and O–H groups in total. The molecule has 0 fully saturated rings. The highest BCUT2D eigenvalue weighted by molar-refractivity contribution is 7.15. The Bertz CT molecular complexity index is 622. The highest BCUT2D eigenvalue weighted by Gasteiger charge is 2.18. The molecule has 0 spiro atoms. The topological polar surface area (TPSA) is 51.2 Å². The van der Waals surface area contributed by atoms with E-state index in [0.717, 1.165) is 16.2 Å². The lowest BCUT2D eigenvalue weighted by Gasteiger charge is -2.18. The number of hydrogen-bond donors (Lipinski definition) is 1. The average Bonchev–Trinajstić information content (AvgIpc) is 2.84. The standard InChI is InChI=1S/C16H20N2O2S/c1-10(2)13-7-5-6-8-14(13)20-12(4)15(19)18-16-17-9-11(3)21-16/h5-10,12H,1-4H3,(H,17,18,19)/t12-/m0/s1.